The van der Waals surface area contributed by atoms with Gasteiger partial charge >= 0.3 is 0 Å². The Labute approximate surface area is 95.4 Å². The molecule has 0 heterocycles. The van der Waals surface area contributed by atoms with E-state index in [4.69, 9.17) is 11.6 Å². The van der Waals surface area contributed by atoms with Crippen molar-refractivity contribution in [2.75, 3.05) is 5.88 Å². The number of halogens is 3. The van der Waals surface area contributed by atoms with Crippen molar-refractivity contribution in [1.82, 2.24) is 0 Å². The molecule has 0 unspecified atom stereocenters. The van der Waals surface area contributed by atoms with Crippen molar-refractivity contribution in [3.63, 3.8) is 0 Å². The minimum absolute atomic E-state index is 0.117. The maximum absolute atomic E-state index is 12.6. The summed E-state index contributed by atoms with van der Waals surface area (Å²) in [7, 11) is 0. The van der Waals surface area contributed by atoms with Crippen molar-refractivity contribution in [2.45, 2.75) is 13.1 Å². The van der Waals surface area contributed by atoms with E-state index in [0.717, 1.165) is 0 Å². The lowest BCUT2D eigenvalue weighted by Crippen LogP contribution is -2.04. The highest BCUT2D eigenvalue weighted by atomic mass is 79.9. The van der Waals surface area contributed by atoms with Crippen molar-refractivity contribution < 1.29 is 9.18 Å². The van der Waals surface area contributed by atoms with Crippen LogP contribution in [0.2, 0.25) is 0 Å². The summed E-state index contributed by atoms with van der Waals surface area (Å²) in [5.74, 6) is 0.144. The van der Waals surface area contributed by atoms with Crippen molar-refractivity contribution in [2.24, 2.45) is 0 Å². The van der Waals surface area contributed by atoms with Crippen LogP contribution in [0.1, 0.15) is 22.3 Å². The summed E-state index contributed by atoms with van der Waals surface area (Å²) in [6.45, 7) is -0.648. The summed E-state index contributed by atoms with van der Waals surface area (Å²) >= 11 is 8.66. The van der Waals surface area contributed by atoms with Crippen LogP contribution in [0.4, 0.5) is 4.39 Å². The zero-order valence-corrected chi connectivity index (χ0v) is 9.74. The minimum atomic E-state index is -0.648. The lowest BCUT2D eigenvalue weighted by Gasteiger charge is -2.06. The molecule has 0 aliphatic heterocycles. The molecule has 0 radical (unpaired) electrons. The third-order valence-electron chi connectivity index (χ3n) is 1.87. The number of carbonyl (C=O) groups is 1. The van der Waals surface area contributed by atoms with E-state index < -0.39 is 6.67 Å². The predicted molar refractivity (Wildman–Crippen MR) is 58.6 cm³/mol. The summed E-state index contributed by atoms with van der Waals surface area (Å²) in [6.07, 6.45) is 0.241. The Hall–Kier alpha value is -0.410. The molecule has 0 aromatic heterocycles. The molecule has 1 aromatic carbocycles. The molecule has 1 aromatic rings. The number of hydrogen-bond acceptors (Lipinski definition) is 1. The van der Waals surface area contributed by atoms with E-state index in [1.807, 2.05) is 0 Å². The molecule has 4 heteroatoms. The van der Waals surface area contributed by atoms with Crippen LogP contribution in [0.25, 0.3) is 0 Å². The highest BCUT2D eigenvalue weighted by Gasteiger charge is 2.12. The third-order valence-corrected chi connectivity index (χ3v) is 2.81. The van der Waals surface area contributed by atoms with E-state index in [1.165, 1.54) is 0 Å². The first-order valence-electron chi connectivity index (χ1n) is 4.13. The average Bonchev–Trinajstić information content (AvgIpc) is 2.17. The fraction of sp³-hybridized carbons (Fsp3) is 0.300. The van der Waals surface area contributed by atoms with Crippen LogP contribution in [-0.2, 0) is 6.67 Å². The van der Waals surface area contributed by atoms with E-state index in [-0.39, 0.29) is 18.1 Å². The van der Waals surface area contributed by atoms with E-state index in [9.17, 15) is 9.18 Å². The second kappa shape index (κ2) is 5.47. The number of benzene rings is 1. The first-order chi connectivity index (χ1) is 6.70. The van der Waals surface area contributed by atoms with Crippen LogP contribution < -0.4 is 0 Å². The molecule has 0 saturated carbocycles. The average molecular weight is 280 g/mol. The SMILES string of the molecule is O=C(CCCl)c1cccc(Br)c1CF. The van der Waals surface area contributed by atoms with Gasteiger partial charge in [0.25, 0.3) is 0 Å². The fourth-order valence-electron chi connectivity index (χ4n) is 1.18. The largest absolute Gasteiger partial charge is 0.294 e. The molecule has 0 spiro atoms. The summed E-state index contributed by atoms with van der Waals surface area (Å²) in [4.78, 5) is 11.5. The zero-order chi connectivity index (χ0) is 10.6. The van der Waals surface area contributed by atoms with Gasteiger partial charge in [-0.15, -0.1) is 11.6 Å². The van der Waals surface area contributed by atoms with E-state index in [0.29, 0.717) is 15.6 Å². The summed E-state index contributed by atoms with van der Waals surface area (Å²) < 4.78 is 13.3. The molecule has 14 heavy (non-hydrogen) atoms. The Kier molecular flexibility index (Phi) is 4.55. The Morgan fingerprint density at radius 3 is 2.79 bits per heavy atom. The van der Waals surface area contributed by atoms with Gasteiger partial charge in [0.15, 0.2) is 5.78 Å². The minimum Gasteiger partial charge on any atom is -0.294 e. The van der Waals surface area contributed by atoms with Gasteiger partial charge in [-0.2, -0.15) is 0 Å². The van der Waals surface area contributed by atoms with Crippen LogP contribution >= 0.6 is 27.5 Å². The molecule has 0 atom stereocenters. The van der Waals surface area contributed by atoms with E-state index >= 15 is 0 Å². The number of rotatable bonds is 4. The molecule has 0 bridgehead atoms. The van der Waals surface area contributed by atoms with Gasteiger partial charge in [0.2, 0.25) is 0 Å². The quantitative estimate of drug-likeness (QED) is 0.606. The molecule has 1 rings (SSSR count). The van der Waals surface area contributed by atoms with Gasteiger partial charge in [-0.25, -0.2) is 4.39 Å². The van der Waals surface area contributed by atoms with Crippen molar-refractivity contribution >= 4 is 33.3 Å². The molecule has 0 amide bonds. The molecule has 1 nitrogen and oxygen atoms in total. The molecule has 0 aliphatic rings. The Bertz CT molecular complexity index is 341. The highest BCUT2D eigenvalue weighted by molar-refractivity contribution is 9.10. The molecule has 76 valence electrons. The van der Waals surface area contributed by atoms with E-state index in [2.05, 4.69) is 15.9 Å². The highest BCUT2D eigenvalue weighted by Crippen LogP contribution is 2.22. The van der Waals surface area contributed by atoms with Gasteiger partial charge in [-0.3, -0.25) is 4.79 Å². The topological polar surface area (TPSA) is 17.1 Å². The van der Waals surface area contributed by atoms with Crippen LogP contribution in [0.5, 0.6) is 0 Å². The monoisotopic (exact) mass is 278 g/mol. The first-order valence-corrected chi connectivity index (χ1v) is 5.46. The standard InChI is InChI=1S/C10H9BrClFO/c11-9-3-1-2-7(8(9)6-13)10(14)4-5-12/h1-3H,4-6H2. The second-order valence-electron chi connectivity index (χ2n) is 2.76. The van der Waals surface area contributed by atoms with Gasteiger partial charge in [-0.05, 0) is 6.07 Å². The van der Waals surface area contributed by atoms with Gasteiger partial charge in [-0.1, -0.05) is 28.1 Å². The van der Waals surface area contributed by atoms with E-state index in [1.54, 1.807) is 18.2 Å². The maximum Gasteiger partial charge on any atom is 0.164 e. The van der Waals surface area contributed by atoms with Crippen LogP contribution in [0.3, 0.4) is 0 Å². The number of carbonyl (C=O) groups excluding carboxylic acids is 1. The van der Waals surface area contributed by atoms with Crippen LogP contribution in [-0.4, -0.2) is 11.7 Å². The van der Waals surface area contributed by atoms with Gasteiger partial charge in [0, 0.05) is 27.9 Å². The Morgan fingerprint density at radius 1 is 1.50 bits per heavy atom. The molecule has 0 fully saturated rings. The zero-order valence-electron chi connectivity index (χ0n) is 7.40. The molecule has 0 saturated heterocycles. The number of ketones is 1. The maximum atomic E-state index is 12.6. The van der Waals surface area contributed by atoms with Crippen molar-refractivity contribution in [1.29, 1.82) is 0 Å². The number of hydrogen-bond donors (Lipinski definition) is 0. The third kappa shape index (κ3) is 2.55. The number of alkyl halides is 2. The van der Waals surface area contributed by atoms with Crippen molar-refractivity contribution in [3.8, 4) is 0 Å². The molecular weight excluding hydrogens is 270 g/mol. The normalized spacial score (nSPS) is 10.2. The van der Waals surface area contributed by atoms with Crippen LogP contribution in [0, 0.1) is 0 Å². The van der Waals surface area contributed by atoms with Crippen LogP contribution in [0.15, 0.2) is 22.7 Å². The first kappa shape index (κ1) is 11.7. The Morgan fingerprint density at radius 2 is 2.21 bits per heavy atom. The van der Waals surface area contributed by atoms with Gasteiger partial charge < -0.3 is 0 Å². The van der Waals surface area contributed by atoms with Gasteiger partial charge in [0.05, 0.1) is 0 Å². The second-order valence-corrected chi connectivity index (χ2v) is 3.99. The summed E-state index contributed by atoms with van der Waals surface area (Å²) in [5, 5.41) is 0. The summed E-state index contributed by atoms with van der Waals surface area (Å²) in [5.41, 5.74) is 0.824. The van der Waals surface area contributed by atoms with Crippen molar-refractivity contribution in [3.05, 3.63) is 33.8 Å². The lowest BCUT2D eigenvalue weighted by molar-refractivity contribution is 0.0987. The Balaban J connectivity index is 3.07. The predicted octanol–water partition coefficient (Wildman–Crippen LogP) is 3.73. The number of Topliss-reactive ketones (excluding diaryl/α,β-unsaturated/α-hetero) is 1. The summed E-state index contributed by atoms with van der Waals surface area (Å²) in [6, 6.07) is 5.05. The molecule has 0 N–H and O–H groups in total. The smallest absolute Gasteiger partial charge is 0.164 e. The lowest BCUT2D eigenvalue weighted by atomic mass is 10.0. The fourth-order valence-corrected chi connectivity index (χ4v) is 1.82. The molecular formula is C10H9BrClFO. The van der Waals surface area contributed by atoms with Gasteiger partial charge in [0.1, 0.15) is 6.67 Å². The molecule has 0 aliphatic carbocycles.